The summed E-state index contributed by atoms with van der Waals surface area (Å²) in [6, 6.07) is 15.3. The molecular formula is C18H20ClNO2S. The Hall–Kier alpha value is -1.65. The van der Waals surface area contributed by atoms with Crippen LogP contribution in [0.3, 0.4) is 0 Å². The summed E-state index contributed by atoms with van der Waals surface area (Å²) < 4.78 is 5.14. The molecule has 0 aliphatic carbocycles. The summed E-state index contributed by atoms with van der Waals surface area (Å²) in [5, 5.41) is 0.546. The third kappa shape index (κ3) is 5.19. The molecule has 2 aromatic rings. The number of methoxy groups -OCH3 is 1. The molecule has 2 aromatic carbocycles. The van der Waals surface area contributed by atoms with Crippen molar-refractivity contribution in [2.24, 2.45) is 0 Å². The van der Waals surface area contributed by atoms with Crippen molar-refractivity contribution >= 4 is 29.3 Å². The first kappa shape index (κ1) is 17.7. The number of carbonyl (C=O) groups is 1. The van der Waals surface area contributed by atoms with Gasteiger partial charge in [-0.1, -0.05) is 23.7 Å². The second-order valence-corrected chi connectivity index (χ2v) is 7.11. The molecular weight excluding hydrogens is 330 g/mol. The Morgan fingerprint density at radius 1 is 1.17 bits per heavy atom. The summed E-state index contributed by atoms with van der Waals surface area (Å²) >= 11 is 7.42. The van der Waals surface area contributed by atoms with Gasteiger partial charge in [-0.25, -0.2) is 0 Å². The van der Waals surface area contributed by atoms with Gasteiger partial charge in [0.1, 0.15) is 5.75 Å². The molecule has 0 unspecified atom stereocenters. The van der Waals surface area contributed by atoms with Crippen LogP contribution in [0, 0.1) is 0 Å². The zero-order chi connectivity index (χ0) is 16.8. The highest BCUT2D eigenvalue weighted by atomic mass is 35.5. The molecule has 0 aliphatic heterocycles. The van der Waals surface area contributed by atoms with E-state index in [1.54, 1.807) is 12.0 Å². The normalized spacial score (nSPS) is 11.8. The van der Waals surface area contributed by atoms with Crippen LogP contribution in [-0.2, 0) is 11.3 Å². The molecule has 0 radical (unpaired) electrons. The van der Waals surface area contributed by atoms with Crippen LogP contribution in [0.4, 0.5) is 0 Å². The number of benzene rings is 2. The van der Waals surface area contributed by atoms with Crippen LogP contribution in [0.1, 0.15) is 12.5 Å². The molecule has 0 aromatic heterocycles. The number of thioether (sulfide) groups is 1. The van der Waals surface area contributed by atoms with Gasteiger partial charge in [0, 0.05) is 23.5 Å². The fraction of sp³-hybridized carbons (Fsp3) is 0.278. The van der Waals surface area contributed by atoms with Crippen molar-refractivity contribution in [1.82, 2.24) is 4.90 Å². The minimum atomic E-state index is -0.153. The van der Waals surface area contributed by atoms with Gasteiger partial charge in [0.25, 0.3) is 0 Å². The maximum Gasteiger partial charge on any atom is 0.235 e. The van der Waals surface area contributed by atoms with E-state index in [1.807, 2.05) is 62.5 Å². The van der Waals surface area contributed by atoms with Crippen LogP contribution in [-0.4, -0.2) is 30.2 Å². The van der Waals surface area contributed by atoms with E-state index in [0.29, 0.717) is 11.6 Å². The molecule has 1 amide bonds. The van der Waals surface area contributed by atoms with Gasteiger partial charge in [0.2, 0.25) is 5.91 Å². The van der Waals surface area contributed by atoms with E-state index >= 15 is 0 Å². The van der Waals surface area contributed by atoms with Crippen molar-refractivity contribution in [2.75, 3.05) is 14.2 Å². The summed E-state index contributed by atoms with van der Waals surface area (Å²) in [6.07, 6.45) is 0. The Morgan fingerprint density at radius 3 is 2.35 bits per heavy atom. The van der Waals surface area contributed by atoms with Crippen LogP contribution in [0.15, 0.2) is 53.4 Å². The fourth-order valence-electron chi connectivity index (χ4n) is 2.16. The van der Waals surface area contributed by atoms with E-state index in [0.717, 1.165) is 16.2 Å². The van der Waals surface area contributed by atoms with Crippen molar-refractivity contribution in [3.05, 3.63) is 59.1 Å². The molecule has 1 atom stereocenters. The third-order valence-electron chi connectivity index (χ3n) is 3.43. The van der Waals surface area contributed by atoms with Crippen molar-refractivity contribution in [3.8, 4) is 5.75 Å². The summed E-state index contributed by atoms with van der Waals surface area (Å²) in [5.74, 6) is 0.912. The van der Waals surface area contributed by atoms with E-state index in [1.165, 1.54) is 11.8 Å². The highest BCUT2D eigenvalue weighted by molar-refractivity contribution is 8.00. The molecule has 3 nitrogen and oxygen atoms in total. The Kier molecular flexibility index (Phi) is 6.37. The molecule has 0 saturated carbocycles. The molecule has 2 rings (SSSR count). The van der Waals surface area contributed by atoms with E-state index in [2.05, 4.69) is 0 Å². The number of rotatable bonds is 6. The number of ether oxygens (including phenoxy) is 1. The van der Waals surface area contributed by atoms with Crippen LogP contribution in [0.25, 0.3) is 0 Å². The maximum atomic E-state index is 12.5. The van der Waals surface area contributed by atoms with Crippen LogP contribution in [0.2, 0.25) is 5.02 Å². The average molecular weight is 350 g/mol. The Labute approximate surface area is 146 Å². The van der Waals surface area contributed by atoms with Gasteiger partial charge >= 0.3 is 0 Å². The first-order chi connectivity index (χ1) is 11.0. The summed E-state index contributed by atoms with van der Waals surface area (Å²) in [4.78, 5) is 15.3. The molecule has 0 aliphatic rings. The van der Waals surface area contributed by atoms with Gasteiger partial charge in [0.05, 0.1) is 12.4 Å². The van der Waals surface area contributed by atoms with Crippen molar-refractivity contribution in [3.63, 3.8) is 0 Å². The number of nitrogens with zero attached hydrogens (tertiary/aromatic N) is 1. The number of halogens is 1. The van der Waals surface area contributed by atoms with Crippen LogP contribution in [0.5, 0.6) is 5.75 Å². The fourth-order valence-corrected chi connectivity index (χ4v) is 3.27. The van der Waals surface area contributed by atoms with E-state index in [-0.39, 0.29) is 11.2 Å². The summed E-state index contributed by atoms with van der Waals surface area (Å²) in [5.41, 5.74) is 1.07. The number of carbonyl (C=O) groups excluding carboxylic acids is 1. The van der Waals surface area contributed by atoms with Crippen LogP contribution >= 0.6 is 23.4 Å². The monoisotopic (exact) mass is 349 g/mol. The topological polar surface area (TPSA) is 29.5 Å². The van der Waals surface area contributed by atoms with Crippen LogP contribution < -0.4 is 4.74 Å². The largest absolute Gasteiger partial charge is 0.497 e. The van der Waals surface area contributed by atoms with Gasteiger partial charge in [-0.05, 0) is 48.9 Å². The Bertz CT molecular complexity index is 643. The number of hydrogen-bond donors (Lipinski definition) is 0. The smallest absolute Gasteiger partial charge is 0.235 e. The zero-order valence-corrected chi connectivity index (χ0v) is 15.0. The summed E-state index contributed by atoms with van der Waals surface area (Å²) in [6.45, 7) is 2.50. The highest BCUT2D eigenvalue weighted by Gasteiger charge is 2.18. The molecule has 122 valence electrons. The lowest BCUT2D eigenvalue weighted by atomic mass is 10.2. The number of hydrogen-bond acceptors (Lipinski definition) is 3. The minimum Gasteiger partial charge on any atom is -0.497 e. The molecule has 5 heteroatoms. The third-order valence-corrected chi connectivity index (χ3v) is 4.78. The standard InChI is InChI=1S/C18H20ClNO2S/c1-13(23-17-10-6-15(19)7-11-17)18(21)20(2)12-14-4-8-16(22-3)9-5-14/h4-11,13H,12H2,1-3H3/t13-/m0/s1. The van der Waals surface area contributed by atoms with E-state index < -0.39 is 0 Å². The van der Waals surface area contributed by atoms with Gasteiger partial charge in [-0.3, -0.25) is 4.79 Å². The minimum absolute atomic E-state index is 0.0979. The second kappa shape index (κ2) is 8.27. The van der Waals surface area contributed by atoms with Crippen molar-refractivity contribution in [2.45, 2.75) is 23.6 Å². The Morgan fingerprint density at radius 2 is 1.78 bits per heavy atom. The lowest BCUT2D eigenvalue weighted by Gasteiger charge is -2.21. The Balaban J connectivity index is 1.93. The second-order valence-electron chi connectivity index (χ2n) is 5.26. The van der Waals surface area contributed by atoms with Gasteiger partial charge in [0.15, 0.2) is 0 Å². The highest BCUT2D eigenvalue weighted by Crippen LogP contribution is 2.26. The van der Waals surface area contributed by atoms with Gasteiger partial charge in [-0.2, -0.15) is 0 Å². The van der Waals surface area contributed by atoms with Crippen molar-refractivity contribution in [1.29, 1.82) is 0 Å². The van der Waals surface area contributed by atoms with E-state index in [9.17, 15) is 4.79 Å². The quantitative estimate of drug-likeness (QED) is 0.720. The molecule has 0 fully saturated rings. The first-order valence-electron chi connectivity index (χ1n) is 7.29. The molecule has 0 bridgehead atoms. The lowest BCUT2D eigenvalue weighted by Crippen LogP contribution is -2.32. The van der Waals surface area contributed by atoms with E-state index in [4.69, 9.17) is 16.3 Å². The number of amides is 1. The van der Waals surface area contributed by atoms with Crippen molar-refractivity contribution < 1.29 is 9.53 Å². The predicted molar refractivity (Wildman–Crippen MR) is 96.2 cm³/mol. The molecule has 23 heavy (non-hydrogen) atoms. The lowest BCUT2D eigenvalue weighted by molar-refractivity contribution is -0.129. The summed E-state index contributed by atoms with van der Waals surface area (Å²) in [7, 11) is 3.46. The molecule has 0 N–H and O–H groups in total. The predicted octanol–water partition coefficient (Wildman–Crippen LogP) is 4.49. The van der Waals surface area contributed by atoms with Gasteiger partial charge in [-0.15, -0.1) is 11.8 Å². The SMILES string of the molecule is COc1ccc(CN(C)C(=O)[C@H](C)Sc2ccc(Cl)cc2)cc1. The molecule has 0 heterocycles. The maximum absolute atomic E-state index is 12.5. The average Bonchev–Trinajstić information content (AvgIpc) is 2.56. The first-order valence-corrected chi connectivity index (χ1v) is 8.55. The zero-order valence-electron chi connectivity index (χ0n) is 13.5. The molecule has 0 saturated heterocycles. The van der Waals surface area contributed by atoms with Gasteiger partial charge < -0.3 is 9.64 Å². The molecule has 0 spiro atoms.